The van der Waals surface area contributed by atoms with Crippen LogP contribution in [-0.2, 0) is 0 Å². The molecule has 2 rings (SSSR count). The topological polar surface area (TPSA) is 52.4 Å². The Morgan fingerprint density at radius 1 is 1.35 bits per heavy atom. The van der Waals surface area contributed by atoms with Gasteiger partial charge in [0, 0.05) is 12.1 Å². The molecular formula is C13H8BrClFNO3. The lowest BCUT2D eigenvalue weighted by Gasteiger charge is -2.10. The molecule has 0 saturated heterocycles. The Balaban J connectivity index is 2.36. The fourth-order valence-corrected chi connectivity index (χ4v) is 2.15. The Labute approximate surface area is 127 Å². The van der Waals surface area contributed by atoms with E-state index in [1.54, 1.807) is 6.92 Å². The number of hydrogen-bond acceptors (Lipinski definition) is 3. The predicted octanol–water partition coefficient (Wildman–Crippen LogP) is 5.25. The van der Waals surface area contributed by atoms with Crippen molar-refractivity contribution in [1.29, 1.82) is 0 Å². The van der Waals surface area contributed by atoms with Crippen molar-refractivity contribution >= 4 is 33.2 Å². The molecule has 104 valence electrons. The van der Waals surface area contributed by atoms with Crippen LogP contribution in [0.2, 0.25) is 5.02 Å². The lowest BCUT2D eigenvalue weighted by atomic mass is 10.2. The van der Waals surface area contributed by atoms with E-state index in [0.29, 0.717) is 17.1 Å². The molecule has 0 fully saturated rings. The summed E-state index contributed by atoms with van der Waals surface area (Å²) >= 11 is 8.88. The first-order chi connectivity index (χ1) is 9.38. The molecule has 0 aliphatic heterocycles. The van der Waals surface area contributed by atoms with Gasteiger partial charge in [-0.1, -0.05) is 11.6 Å². The van der Waals surface area contributed by atoms with Crippen LogP contribution < -0.4 is 4.74 Å². The molecule has 0 atom stereocenters. The number of ether oxygens (including phenoxy) is 1. The van der Waals surface area contributed by atoms with Crippen molar-refractivity contribution in [2.24, 2.45) is 0 Å². The highest BCUT2D eigenvalue weighted by Gasteiger charge is 2.16. The van der Waals surface area contributed by atoms with Gasteiger partial charge in [-0.25, -0.2) is 4.39 Å². The number of aryl methyl sites for hydroxylation is 1. The SMILES string of the molecule is Cc1cc([N+](=O)[O-])c(Cl)cc1Oc1ccc(F)c(Br)c1. The van der Waals surface area contributed by atoms with Crippen molar-refractivity contribution in [1.82, 2.24) is 0 Å². The van der Waals surface area contributed by atoms with E-state index >= 15 is 0 Å². The van der Waals surface area contributed by atoms with E-state index in [4.69, 9.17) is 16.3 Å². The molecule has 0 N–H and O–H groups in total. The van der Waals surface area contributed by atoms with Crippen molar-refractivity contribution in [3.63, 3.8) is 0 Å². The molecule has 0 aliphatic rings. The zero-order chi connectivity index (χ0) is 14.9. The van der Waals surface area contributed by atoms with Crippen LogP contribution in [0.25, 0.3) is 0 Å². The standard InChI is InChI=1S/C13H8BrClFNO3/c1-7-4-12(17(18)19)10(15)6-13(7)20-8-2-3-11(16)9(14)5-8/h2-6H,1H3. The molecule has 0 radical (unpaired) electrons. The molecule has 0 amide bonds. The summed E-state index contributed by atoms with van der Waals surface area (Å²) in [7, 11) is 0. The predicted molar refractivity (Wildman–Crippen MR) is 77.0 cm³/mol. The third-order valence-electron chi connectivity index (χ3n) is 2.56. The van der Waals surface area contributed by atoms with Gasteiger partial charge < -0.3 is 4.74 Å². The summed E-state index contributed by atoms with van der Waals surface area (Å²) in [6.07, 6.45) is 0. The lowest BCUT2D eigenvalue weighted by molar-refractivity contribution is -0.384. The molecule has 0 aliphatic carbocycles. The molecule has 0 unspecified atom stereocenters. The zero-order valence-electron chi connectivity index (χ0n) is 10.2. The highest BCUT2D eigenvalue weighted by Crippen LogP contribution is 2.35. The molecule has 0 saturated carbocycles. The van der Waals surface area contributed by atoms with Gasteiger partial charge in [0.1, 0.15) is 22.3 Å². The van der Waals surface area contributed by atoms with E-state index in [0.717, 1.165) is 0 Å². The summed E-state index contributed by atoms with van der Waals surface area (Å²) in [6, 6.07) is 6.86. The minimum absolute atomic E-state index is 0.0169. The molecule has 2 aromatic carbocycles. The van der Waals surface area contributed by atoms with Crippen molar-refractivity contribution in [2.45, 2.75) is 6.92 Å². The van der Waals surface area contributed by atoms with Crippen LogP contribution in [0.5, 0.6) is 11.5 Å². The van der Waals surface area contributed by atoms with E-state index in [2.05, 4.69) is 15.9 Å². The maximum atomic E-state index is 13.1. The molecule has 4 nitrogen and oxygen atoms in total. The lowest BCUT2D eigenvalue weighted by Crippen LogP contribution is -1.93. The minimum Gasteiger partial charge on any atom is -0.457 e. The van der Waals surface area contributed by atoms with Crippen molar-refractivity contribution in [3.05, 3.63) is 61.3 Å². The maximum Gasteiger partial charge on any atom is 0.288 e. The van der Waals surface area contributed by atoms with Crippen LogP contribution in [0, 0.1) is 22.9 Å². The number of nitro groups is 1. The van der Waals surface area contributed by atoms with E-state index in [1.807, 2.05) is 0 Å². The molecule has 2 aromatic rings. The summed E-state index contributed by atoms with van der Waals surface area (Å²) in [4.78, 5) is 10.2. The molecule has 0 heterocycles. The number of hydrogen-bond donors (Lipinski definition) is 0. The Morgan fingerprint density at radius 2 is 2.05 bits per heavy atom. The van der Waals surface area contributed by atoms with Crippen LogP contribution in [0.15, 0.2) is 34.8 Å². The van der Waals surface area contributed by atoms with Crippen LogP contribution in [-0.4, -0.2) is 4.92 Å². The molecule has 0 bridgehead atoms. The number of halogens is 3. The Kier molecular flexibility index (Phi) is 4.25. The van der Waals surface area contributed by atoms with Gasteiger partial charge in [-0.2, -0.15) is 0 Å². The summed E-state index contributed by atoms with van der Waals surface area (Å²) in [5.41, 5.74) is 0.373. The fourth-order valence-electron chi connectivity index (χ4n) is 1.57. The first kappa shape index (κ1) is 14.7. The van der Waals surface area contributed by atoms with Gasteiger partial charge in [0.15, 0.2) is 0 Å². The second-order valence-corrected chi connectivity index (χ2v) is 5.27. The number of nitro benzene ring substituents is 1. The van der Waals surface area contributed by atoms with Crippen LogP contribution in [0.3, 0.4) is 0 Å². The highest BCUT2D eigenvalue weighted by atomic mass is 79.9. The molecule has 0 spiro atoms. The zero-order valence-corrected chi connectivity index (χ0v) is 12.5. The number of rotatable bonds is 3. The van der Waals surface area contributed by atoms with Crippen LogP contribution in [0.4, 0.5) is 10.1 Å². The van der Waals surface area contributed by atoms with Crippen molar-refractivity contribution in [2.75, 3.05) is 0 Å². The molecule has 0 aromatic heterocycles. The van der Waals surface area contributed by atoms with E-state index in [9.17, 15) is 14.5 Å². The Morgan fingerprint density at radius 3 is 2.65 bits per heavy atom. The van der Waals surface area contributed by atoms with Crippen LogP contribution in [0.1, 0.15) is 5.56 Å². The van der Waals surface area contributed by atoms with Crippen molar-refractivity contribution < 1.29 is 14.1 Å². The quantitative estimate of drug-likeness (QED) is 0.555. The largest absolute Gasteiger partial charge is 0.457 e. The monoisotopic (exact) mass is 359 g/mol. The maximum absolute atomic E-state index is 13.1. The Bertz CT molecular complexity index is 694. The van der Waals surface area contributed by atoms with Gasteiger partial charge >= 0.3 is 0 Å². The van der Waals surface area contributed by atoms with Gasteiger partial charge in [-0.3, -0.25) is 10.1 Å². The smallest absolute Gasteiger partial charge is 0.288 e. The summed E-state index contributed by atoms with van der Waals surface area (Å²) in [6.45, 7) is 1.66. The second kappa shape index (κ2) is 5.76. The normalized spacial score (nSPS) is 10.4. The first-order valence-electron chi connectivity index (χ1n) is 5.46. The third-order valence-corrected chi connectivity index (χ3v) is 3.47. The van der Waals surface area contributed by atoms with E-state index in [-0.39, 0.29) is 15.2 Å². The Hall–Kier alpha value is -1.66. The summed E-state index contributed by atoms with van der Waals surface area (Å²) < 4.78 is 18.9. The van der Waals surface area contributed by atoms with Gasteiger partial charge in [0.2, 0.25) is 0 Å². The van der Waals surface area contributed by atoms with Gasteiger partial charge in [-0.15, -0.1) is 0 Å². The first-order valence-corrected chi connectivity index (χ1v) is 6.63. The van der Waals surface area contributed by atoms with E-state index < -0.39 is 10.7 Å². The third kappa shape index (κ3) is 3.08. The summed E-state index contributed by atoms with van der Waals surface area (Å²) in [5, 5.41) is 10.7. The highest BCUT2D eigenvalue weighted by molar-refractivity contribution is 9.10. The summed E-state index contributed by atoms with van der Waals surface area (Å²) in [5.74, 6) is 0.362. The minimum atomic E-state index is -0.562. The average molecular weight is 361 g/mol. The van der Waals surface area contributed by atoms with Gasteiger partial charge in [0.25, 0.3) is 5.69 Å². The fraction of sp³-hybridized carbons (Fsp3) is 0.0769. The molecular weight excluding hydrogens is 353 g/mol. The van der Waals surface area contributed by atoms with Gasteiger partial charge in [-0.05, 0) is 46.6 Å². The molecule has 7 heteroatoms. The second-order valence-electron chi connectivity index (χ2n) is 4.00. The number of benzene rings is 2. The van der Waals surface area contributed by atoms with Gasteiger partial charge in [0.05, 0.1) is 9.40 Å². The van der Waals surface area contributed by atoms with E-state index in [1.165, 1.54) is 30.3 Å². The number of nitrogens with zero attached hydrogens (tertiary/aromatic N) is 1. The van der Waals surface area contributed by atoms with Crippen LogP contribution >= 0.6 is 27.5 Å². The van der Waals surface area contributed by atoms with Crippen molar-refractivity contribution in [3.8, 4) is 11.5 Å². The average Bonchev–Trinajstić information content (AvgIpc) is 2.37. The molecule has 20 heavy (non-hydrogen) atoms.